The van der Waals surface area contributed by atoms with Gasteiger partial charge in [0, 0.05) is 18.8 Å². The van der Waals surface area contributed by atoms with Gasteiger partial charge in [-0.3, -0.25) is 0 Å². The average Bonchev–Trinajstić information content (AvgIpc) is 2.68. The Morgan fingerprint density at radius 2 is 1.73 bits per heavy atom. The summed E-state index contributed by atoms with van der Waals surface area (Å²) in [4.78, 5) is 1.99. The molecule has 0 amide bonds. The zero-order valence-corrected chi connectivity index (χ0v) is 16.0. The summed E-state index contributed by atoms with van der Waals surface area (Å²) in [5.74, 6) is 0. The summed E-state index contributed by atoms with van der Waals surface area (Å²) in [7, 11) is 0. The van der Waals surface area contributed by atoms with Crippen LogP contribution >= 0.6 is 23.2 Å². The molecule has 0 aromatic heterocycles. The van der Waals surface area contributed by atoms with Crippen LogP contribution in [0.25, 0.3) is 0 Å². The van der Waals surface area contributed by atoms with Crippen molar-refractivity contribution in [3.8, 4) is 12.1 Å². The van der Waals surface area contributed by atoms with E-state index in [0.29, 0.717) is 47.4 Å². The molecule has 0 aliphatic heterocycles. The molecule has 26 heavy (non-hydrogen) atoms. The van der Waals surface area contributed by atoms with E-state index in [2.05, 4.69) is 28.9 Å². The summed E-state index contributed by atoms with van der Waals surface area (Å²) in [6, 6.07) is 11.6. The van der Waals surface area contributed by atoms with Crippen LogP contribution in [0, 0.1) is 22.7 Å². The lowest BCUT2D eigenvalue weighted by atomic mass is 10.2. The van der Waals surface area contributed by atoms with Crippen LogP contribution in [-0.4, -0.2) is 13.1 Å². The molecule has 7 heteroatoms. The second kappa shape index (κ2) is 11.9. The van der Waals surface area contributed by atoms with E-state index in [-0.39, 0.29) is 0 Å². The molecule has 0 radical (unpaired) electrons. The number of halogens is 2. The smallest absolute Gasteiger partial charge is 0.122 e. The monoisotopic (exact) mass is 387 g/mol. The van der Waals surface area contributed by atoms with Crippen molar-refractivity contribution in [2.45, 2.75) is 19.8 Å². The Labute approximate surface area is 164 Å². The van der Waals surface area contributed by atoms with Gasteiger partial charge in [0.05, 0.1) is 40.7 Å². The molecule has 0 saturated carbocycles. The number of benzene rings is 1. The SMILES string of the molecule is C=C/C(Cl)=C(N=Nc1ccc(N(CCC#N)CCC#N)cc1)\C(Cl)=C/C. The standard InChI is InChI=1S/C19H19Cl2N5/c1-3-17(20)19(18(21)4-2)25-24-15-7-9-16(10-8-15)26(13-5-11-22)14-6-12-23/h3-4,7-10H,1,5-6,13-14H2,2H3/b18-4+,19-17-,25-24?. The maximum Gasteiger partial charge on any atom is 0.122 e. The topological polar surface area (TPSA) is 75.5 Å². The first-order valence-electron chi connectivity index (χ1n) is 7.92. The van der Waals surface area contributed by atoms with Gasteiger partial charge in [-0.05, 0) is 37.3 Å². The molecule has 0 heterocycles. The third-order valence-electron chi connectivity index (χ3n) is 3.35. The molecule has 0 aliphatic rings. The van der Waals surface area contributed by atoms with Crippen LogP contribution in [0.5, 0.6) is 0 Å². The number of hydrogen-bond acceptors (Lipinski definition) is 5. The largest absolute Gasteiger partial charge is 0.369 e. The van der Waals surface area contributed by atoms with Crippen molar-refractivity contribution in [1.29, 1.82) is 10.5 Å². The van der Waals surface area contributed by atoms with Gasteiger partial charge in [-0.1, -0.05) is 35.9 Å². The lowest BCUT2D eigenvalue weighted by molar-refractivity contribution is 0.796. The Hall–Kier alpha value is -2.60. The summed E-state index contributed by atoms with van der Waals surface area (Å²) in [5, 5.41) is 26.5. The minimum absolute atomic E-state index is 0.313. The highest BCUT2D eigenvalue weighted by Gasteiger charge is 2.07. The molecule has 0 N–H and O–H groups in total. The van der Waals surface area contributed by atoms with Gasteiger partial charge in [0.1, 0.15) is 5.70 Å². The van der Waals surface area contributed by atoms with Gasteiger partial charge in [-0.2, -0.15) is 15.6 Å². The number of anilines is 1. The molecule has 0 unspecified atom stereocenters. The first-order valence-corrected chi connectivity index (χ1v) is 8.68. The normalized spacial score (nSPS) is 12.3. The van der Waals surface area contributed by atoms with Crippen molar-refractivity contribution >= 4 is 34.6 Å². The number of nitriles is 2. The predicted octanol–water partition coefficient (Wildman–Crippen LogP) is 6.18. The number of allylic oxidation sites excluding steroid dienone is 4. The van der Waals surface area contributed by atoms with Crippen LogP contribution in [0.4, 0.5) is 11.4 Å². The molecule has 1 aromatic rings. The fourth-order valence-corrected chi connectivity index (χ4v) is 2.35. The van der Waals surface area contributed by atoms with E-state index in [1.807, 2.05) is 17.0 Å². The van der Waals surface area contributed by atoms with E-state index in [9.17, 15) is 0 Å². The minimum atomic E-state index is 0.313. The quantitative estimate of drug-likeness (QED) is 0.374. The molecule has 1 rings (SSSR count). The number of hydrogen-bond donors (Lipinski definition) is 0. The highest BCUT2D eigenvalue weighted by molar-refractivity contribution is 6.36. The van der Waals surface area contributed by atoms with Crippen molar-refractivity contribution in [2.75, 3.05) is 18.0 Å². The molecule has 0 aliphatic carbocycles. The summed E-state index contributed by atoms with van der Waals surface area (Å²) in [6.07, 6.45) is 3.91. The summed E-state index contributed by atoms with van der Waals surface area (Å²) < 4.78 is 0. The molecule has 0 spiro atoms. The Kier molecular flexibility index (Phi) is 9.79. The Morgan fingerprint density at radius 1 is 1.15 bits per heavy atom. The molecule has 0 saturated heterocycles. The minimum Gasteiger partial charge on any atom is -0.369 e. The van der Waals surface area contributed by atoms with Gasteiger partial charge in [0.15, 0.2) is 0 Å². The van der Waals surface area contributed by atoms with Crippen molar-refractivity contribution < 1.29 is 0 Å². The zero-order valence-electron chi connectivity index (χ0n) is 14.5. The zero-order chi connectivity index (χ0) is 19.4. The van der Waals surface area contributed by atoms with Crippen LogP contribution < -0.4 is 4.90 Å². The average molecular weight is 388 g/mol. The molecule has 0 atom stereocenters. The maximum atomic E-state index is 8.78. The van der Waals surface area contributed by atoms with E-state index in [0.717, 1.165) is 5.69 Å². The fourth-order valence-electron chi connectivity index (χ4n) is 2.02. The summed E-state index contributed by atoms with van der Waals surface area (Å²) in [5.41, 5.74) is 1.89. The van der Waals surface area contributed by atoms with E-state index in [4.69, 9.17) is 33.7 Å². The molecular weight excluding hydrogens is 369 g/mol. The fraction of sp³-hybridized carbons (Fsp3) is 0.263. The van der Waals surface area contributed by atoms with Crippen molar-refractivity contribution in [2.24, 2.45) is 10.2 Å². The molecule has 1 aromatic carbocycles. The Balaban J connectivity index is 2.99. The molecule has 0 bridgehead atoms. The Morgan fingerprint density at radius 3 is 2.19 bits per heavy atom. The molecular formula is C19H19Cl2N5. The van der Waals surface area contributed by atoms with Crippen LogP contribution in [0.3, 0.4) is 0 Å². The highest BCUT2D eigenvalue weighted by atomic mass is 35.5. The summed E-state index contributed by atoms with van der Waals surface area (Å²) >= 11 is 12.2. The van der Waals surface area contributed by atoms with E-state index in [1.165, 1.54) is 6.08 Å². The van der Waals surface area contributed by atoms with Gasteiger partial charge in [0.2, 0.25) is 0 Å². The first kappa shape index (κ1) is 21.4. The second-order valence-corrected chi connectivity index (χ2v) is 5.87. The molecule has 134 valence electrons. The van der Waals surface area contributed by atoms with Gasteiger partial charge in [-0.25, -0.2) is 0 Å². The van der Waals surface area contributed by atoms with Gasteiger partial charge in [-0.15, -0.1) is 5.11 Å². The maximum absolute atomic E-state index is 8.78. The predicted molar refractivity (Wildman–Crippen MR) is 106 cm³/mol. The van der Waals surface area contributed by atoms with Crippen LogP contribution in [0.15, 0.2) is 69.0 Å². The number of azo groups is 1. The van der Waals surface area contributed by atoms with Crippen LogP contribution in [-0.2, 0) is 0 Å². The molecule has 0 fully saturated rings. The third kappa shape index (κ3) is 6.72. The van der Waals surface area contributed by atoms with Gasteiger partial charge in [0.25, 0.3) is 0 Å². The third-order valence-corrected chi connectivity index (χ3v) is 4.08. The van der Waals surface area contributed by atoms with Crippen LogP contribution in [0.1, 0.15) is 19.8 Å². The summed E-state index contributed by atoms with van der Waals surface area (Å²) in [6.45, 7) is 6.51. The van der Waals surface area contributed by atoms with Gasteiger partial charge >= 0.3 is 0 Å². The van der Waals surface area contributed by atoms with E-state index in [1.54, 1.807) is 25.1 Å². The van der Waals surface area contributed by atoms with Crippen molar-refractivity contribution in [3.63, 3.8) is 0 Å². The van der Waals surface area contributed by atoms with Crippen molar-refractivity contribution in [3.05, 3.63) is 58.8 Å². The lowest BCUT2D eigenvalue weighted by Gasteiger charge is -2.22. The highest BCUT2D eigenvalue weighted by Crippen LogP contribution is 2.26. The number of nitrogens with zero attached hydrogens (tertiary/aromatic N) is 5. The van der Waals surface area contributed by atoms with E-state index >= 15 is 0 Å². The van der Waals surface area contributed by atoms with Gasteiger partial charge < -0.3 is 4.90 Å². The molecule has 5 nitrogen and oxygen atoms in total. The number of rotatable bonds is 9. The lowest BCUT2D eigenvalue weighted by Crippen LogP contribution is -2.25. The van der Waals surface area contributed by atoms with Crippen molar-refractivity contribution in [1.82, 2.24) is 0 Å². The van der Waals surface area contributed by atoms with E-state index < -0.39 is 0 Å². The Bertz CT molecular complexity index is 762. The first-order chi connectivity index (χ1) is 12.6. The second-order valence-electron chi connectivity index (χ2n) is 5.06. The van der Waals surface area contributed by atoms with Crippen LogP contribution in [0.2, 0.25) is 0 Å².